The SMILES string of the molecule is CC[C@@H]1CC[C@@]23CCC(=O)C2[C@]1(C)[C@H](OC(=O)CO)C[C@](C)(CC)[C@@H](O)[C@@H]3CNCN. The van der Waals surface area contributed by atoms with E-state index in [9.17, 15) is 19.8 Å². The van der Waals surface area contributed by atoms with Gasteiger partial charge in [-0.1, -0.05) is 34.1 Å². The van der Waals surface area contributed by atoms with Crippen LogP contribution in [-0.4, -0.2) is 54.0 Å². The minimum Gasteiger partial charge on any atom is -0.460 e. The summed E-state index contributed by atoms with van der Waals surface area (Å²) in [7, 11) is 0. The summed E-state index contributed by atoms with van der Waals surface area (Å²) in [5.74, 6) is -0.545. The minimum absolute atomic E-state index is 0.0934. The Hall–Kier alpha value is -1.02. The van der Waals surface area contributed by atoms with Gasteiger partial charge in [0.1, 0.15) is 18.5 Å². The van der Waals surface area contributed by atoms with E-state index in [2.05, 4.69) is 33.0 Å². The molecule has 0 amide bonds. The Bertz CT molecular complexity index is 687. The number of ketones is 1. The molecule has 8 atom stereocenters. The highest BCUT2D eigenvalue weighted by Crippen LogP contribution is 2.68. The fraction of sp³-hybridized carbons (Fsp3) is 0.917. The van der Waals surface area contributed by atoms with Crippen molar-refractivity contribution in [2.24, 2.45) is 39.7 Å². The molecule has 0 aromatic rings. The molecule has 7 heteroatoms. The Labute approximate surface area is 186 Å². The van der Waals surface area contributed by atoms with Gasteiger partial charge in [-0.15, -0.1) is 0 Å². The van der Waals surface area contributed by atoms with E-state index < -0.39 is 35.6 Å². The third-order valence-electron chi connectivity index (χ3n) is 9.58. The van der Waals surface area contributed by atoms with Crippen molar-refractivity contribution in [3.05, 3.63) is 0 Å². The molecule has 3 fully saturated rings. The molecule has 0 saturated heterocycles. The maximum Gasteiger partial charge on any atom is 0.332 e. The highest BCUT2D eigenvalue weighted by atomic mass is 16.6. The number of Topliss-reactive ketones (excluding diaryl/α,β-unsaturated/α-hetero) is 1. The van der Waals surface area contributed by atoms with E-state index in [1.165, 1.54) is 0 Å². The zero-order chi connectivity index (χ0) is 23.0. The molecule has 0 radical (unpaired) electrons. The molecule has 7 nitrogen and oxygen atoms in total. The van der Waals surface area contributed by atoms with E-state index >= 15 is 0 Å². The number of rotatable bonds is 7. The zero-order valence-corrected chi connectivity index (χ0v) is 19.7. The number of nitrogens with two attached hydrogens (primary N) is 1. The van der Waals surface area contributed by atoms with Crippen molar-refractivity contribution in [2.75, 3.05) is 19.8 Å². The normalized spacial score (nSPS) is 45.0. The number of ether oxygens (including phenoxy) is 1. The summed E-state index contributed by atoms with van der Waals surface area (Å²) >= 11 is 0. The number of aliphatic hydroxyl groups is 2. The first kappa shape index (κ1) is 24.6. The molecular weight excluding hydrogens is 396 g/mol. The predicted octanol–water partition coefficient (Wildman–Crippen LogP) is 1.99. The second-order valence-electron chi connectivity index (χ2n) is 10.7. The van der Waals surface area contributed by atoms with Gasteiger partial charge in [-0.05, 0) is 48.9 Å². The van der Waals surface area contributed by atoms with E-state index in [-0.39, 0.29) is 29.0 Å². The molecule has 1 unspecified atom stereocenters. The van der Waals surface area contributed by atoms with Crippen LogP contribution < -0.4 is 11.1 Å². The molecule has 0 aromatic heterocycles. The van der Waals surface area contributed by atoms with Crippen LogP contribution in [-0.2, 0) is 14.3 Å². The first-order chi connectivity index (χ1) is 14.6. The minimum atomic E-state index is -0.679. The number of carbonyl (C=O) groups excluding carboxylic acids is 2. The van der Waals surface area contributed by atoms with Gasteiger partial charge in [0, 0.05) is 36.9 Å². The Balaban J connectivity index is 2.22. The Kier molecular flexibility index (Phi) is 7.21. The lowest BCUT2D eigenvalue weighted by atomic mass is 9.43. The predicted molar refractivity (Wildman–Crippen MR) is 118 cm³/mol. The number of carbonyl (C=O) groups is 2. The summed E-state index contributed by atoms with van der Waals surface area (Å²) in [6.45, 7) is 8.64. The number of esters is 1. The standard InChI is InChI=1S/C24H42N2O5/c1-5-15-7-9-24-10-8-17(28)20(24)23(15,4)18(31-19(29)13-27)11-22(3,6-2)21(30)16(24)12-26-14-25/h15-16,18,20-21,26-27,30H,5-14,25H2,1-4H3/t15-,16+,18-,20?,21+,22+,23+,24+/m1/s1. The molecule has 3 aliphatic carbocycles. The second kappa shape index (κ2) is 9.08. The number of hydrogen-bond acceptors (Lipinski definition) is 7. The molecule has 0 aliphatic heterocycles. The molecule has 2 bridgehead atoms. The van der Waals surface area contributed by atoms with Crippen LogP contribution in [0.3, 0.4) is 0 Å². The fourth-order valence-corrected chi connectivity index (χ4v) is 7.70. The quantitative estimate of drug-likeness (QED) is 0.354. The van der Waals surface area contributed by atoms with Crippen LogP contribution in [0.5, 0.6) is 0 Å². The summed E-state index contributed by atoms with van der Waals surface area (Å²) < 4.78 is 5.92. The highest BCUT2D eigenvalue weighted by molar-refractivity contribution is 5.85. The summed E-state index contributed by atoms with van der Waals surface area (Å²) in [4.78, 5) is 25.8. The highest BCUT2D eigenvalue weighted by Gasteiger charge is 2.69. The maximum absolute atomic E-state index is 13.5. The molecular formula is C24H42N2O5. The van der Waals surface area contributed by atoms with Crippen LogP contribution >= 0.6 is 0 Å². The van der Waals surface area contributed by atoms with Gasteiger partial charge in [-0.2, -0.15) is 0 Å². The van der Waals surface area contributed by atoms with Crippen molar-refractivity contribution in [1.82, 2.24) is 5.32 Å². The van der Waals surface area contributed by atoms with Gasteiger partial charge in [-0.3, -0.25) is 4.79 Å². The molecule has 0 spiro atoms. The van der Waals surface area contributed by atoms with Crippen LogP contribution in [0, 0.1) is 34.0 Å². The lowest BCUT2D eigenvalue weighted by Gasteiger charge is -2.63. The van der Waals surface area contributed by atoms with Crippen molar-refractivity contribution >= 4 is 11.8 Å². The van der Waals surface area contributed by atoms with Crippen molar-refractivity contribution in [2.45, 2.75) is 84.8 Å². The Morgan fingerprint density at radius 1 is 1.29 bits per heavy atom. The second-order valence-corrected chi connectivity index (χ2v) is 10.7. The molecule has 3 aliphatic rings. The van der Waals surface area contributed by atoms with Crippen LogP contribution in [0.15, 0.2) is 0 Å². The van der Waals surface area contributed by atoms with Gasteiger partial charge in [0.25, 0.3) is 0 Å². The van der Waals surface area contributed by atoms with Gasteiger partial charge >= 0.3 is 5.97 Å². The molecule has 5 N–H and O–H groups in total. The van der Waals surface area contributed by atoms with E-state index in [1.807, 2.05) is 0 Å². The van der Waals surface area contributed by atoms with E-state index in [4.69, 9.17) is 10.5 Å². The average Bonchev–Trinajstić information content (AvgIpc) is 3.10. The van der Waals surface area contributed by atoms with Crippen LogP contribution in [0.1, 0.15) is 72.6 Å². The van der Waals surface area contributed by atoms with E-state index in [1.54, 1.807) is 0 Å². The van der Waals surface area contributed by atoms with Crippen LogP contribution in [0.2, 0.25) is 0 Å². The van der Waals surface area contributed by atoms with Gasteiger partial charge in [-0.25, -0.2) is 4.79 Å². The van der Waals surface area contributed by atoms with Crippen molar-refractivity contribution in [1.29, 1.82) is 0 Å². The molecule has 3 saturated carbocycles. The molecule has 178 valence electrons. The largest absolute Gasteiger partial charge is 0.460 e. The smallest absolute Gasteiger partial charge is 0.332 e. The molecule has 0 aromatic carbocycles. The summed E-state index contributed by atoms with van der Waals surface area (Å²) in [6, 6.07) is 0. The van der Waals surface area contributed by atoms with Crippen LogP contribution in [0.4, 0.5) is 0 Å². The maximum atomic E-state index is 13.5. The zero-order valence-electron chi connectivity index (χ0n) is 19.7. The summed E-state index contributed by atoms with van der Waals surface area (Å²) in [5, 5.41) is 24.5. The van der Waals surface area contributed by atoms with Crippen molar-refractivity contribution < 1.29 is 24.5 Å². The Morgan fingerprint density at radius 3 is 2.58 bits per heavy atom. The van der Waals surface area contributed by atoms with Crippen LogP contribution in [0.25, 0.3) is 0 Å². The summed E-state index contributed by atoms with van der Waals surface area (Å²) in [6.07, 6.45) is 4.04. The number of hydrogen-bond donors (Lipinski definition) is 4. The number of nitrogens with one attached hydrogen (secondary N) is 1. The third-order valence-corrected chi connectivity index (χ3v) is 9.58. The van der Waals surface area contributed by atoms with Gasteiger partial charge < -0.3 is 26.0 Å². The van der Waals surface area contributed by atoms with Crippen molar-refractivity contribution in [3.8, 4) is 0 Å². The molecule has 31 heavy (non-hydrogen) atoms. The number of aliphatic hydroxyl groups excluding tert-OH is 2. The monoisotopic (exact) mass is 438 g/mol. The topological polar surface area (TPSA) is 122 Å². The van der Waals surface area contributed by atoms with E-state index in [0.29, 0.717) is 26.1 Å². The lowest BCUT2D eigenvalue weighted by molar-refractivity contribution is -0.217. The van der Waals surface area contributed by atoms with Crippen molar-refractivity contribution in [3.63, 3.8) is 0 Å². The first-order valence-electron chi connectivity index (χ1n) is 12.1. The van der Waals surface area contributed by atoms with Gasteiger partial charge in [0.2, 0.25) is 0 Å². The molecule has 3 rings (SSSR count). The Morgan fingerprint density at radius 2 is 2.00 bits per heavy atom. The lowest BCUT2D eigenvalue weighted by Crippen LogP contribution is -2.65. The van der Waals surface area contributed by atoms with Gasteiger partial charge in [0.05, 0.1) is 6.10 Å². The molecule has 0 heterocycles. The van der Waals surface area contributed by atoms with Gasteiger partial charge in [0.15, 0.2) is 0 Å². The fourth-order valence-electron chi connectivity index (χ4n) is 7.70. The third kappa shape index (κ3) is 3.75. The van der Waals surface area contributed by atoms with E-state index in [0.717, 1.165) is 32.1 Å². The summed E-state index contributed by atoms with van der Waals surface area (Å²) in [5.41, 5.74) is 4.43. The first-order valence-corrected chi connectivity index (χ1v) is 12.1. The average molecular weight is 439 g/mol.